The van der Waals surface area contributed by atoms with E-state index in [9.17, 15) is 9.59 Å². The molecule has 0 unspecified atom stereocenters. The van der Waals surface area contributed by atoms with Crippen molar-refractivity contribution < 1.29 is 4.79 Å². The Balaban J connectivity index is 1.75. The van der Waals surface area contributed by atoms with E-state index in [0.29, 0.717) is 29.1 Å². The summed E-state index contributed by atoms with van der Waals surface area (Å²) in [6, 6.07) is 12.7. The topological polar surface area (TPSA) is 62.0 Å². The standard InChI is InChI=1S/C20H19ClN2O2/c1-12-6-7-13(2)18-17(12)11-15(20(25)23-18)8-9-22-19(24)14-4-3-5-16(21)10-14/h3-7,10-11H,8-9H2,1-2H3,(H,22,24)(H,23,25). The normalized spacial score (nSPS) is 10.8. The zero-order chi connectivity index (χ0) is 18.0. The van der Waals surface area contributed by atoms with Gasteiger partial charge in [0.25, 0.3) is 11.5 Å². The Morgan fingerprint density at radius 2 is 1.88 bits per heavy atom. The molecular formula is C20H19ClN2O2. The molecule has 0 fully saturated rings. The first-order valence-electron chi connectivity index (χ1n) is 8.11. The van der Waals surface area contributed by atoms with Crippen LogP contribution in [0.15, 0.2) is 47.3 Å². The lowest BCUT2D eigenvalue weighted by Crippen LogP contribution is -2.27. The van der Waals surface area contributed by atoms with Gasteiger partial charge in [0.2, 0.25) is 0 Å². The molecule has 128 valence electrons. The van der Waals surface area contributed by atoms with Crippen LogP contribution in [0.5, 0.6) is 0 Å². The molecule has 2 N–H and O–H groups in total. The highest BCUT2D eigenvalue weighted by atomic mass is 35.5. The first kappa shape index (κ1) is 17.2. The fraction of sp³-hybridized carbons (Fsp3) is 0.200. The molecule has 0 atom stereocenters. The van der Waals surface area contributed by atoms with Crippen LogP contribution < -0.4 is 10.9 Å². The summed E-state index contributed by atoms with van der Waals surface area (Å²) < 4.78 is 0. The van der Waals surface area contributed by atoms with Gasteiger partial charge in [0.1, 0.15) is 0 Å². The number of benzene rings is 2. The van der Waals surface area contributed by atoms with Gasteiger partial charge in [0.15, 0.2) is 0 Å². The van der Waals surface area contributed by atoms with E-state index in [2.05, 4.69) is 10.3 Å². The van der Waals surface area contributed by atoms with E-state index in [4.69, 9.17) is 11.6 Å². The number of hydrogen-bond donors (Lipinski definition) is 2. The van der Waals surface area contributed by atoms with E-state index in [0.717, 1.165) is 22.0 Å². The monoisotopic (exact) mass is 354 g/mol. The Labute approximate surface area is 150 Å². The van der Waals surface area contributed by atoms with Gasteiger partial charge in [0, 0.05) is 28.1 Å². The van der Waals surface area contributed by atoms with Crippen molar-refractivity contribution in [3.63, 3.8) is 0 Å². The Morgan fingerprint density at radius 3 is 2.64 bits per heavy atom. The minimum absolute atomic E-state index is 0.113. The van der Waals surface area contributed by atoms with Crippen molar-refractivity contribution in [3.05, 3.63) is 80.1 Å². The third-order valence-electron chi connectivity index (χ3n) is 4.29. The minimum atomic E-state index is -0.202. The molecule has 0 saturated heterocycles. The van der Waals surface area contributed by atoms with Gasteiger partial charge in [-0.2, -0.15) is 0 Å². The van der Waals surface area contributed by atoms with Crippen LogP contribution in [0.3, 0.4) is 0 Å². The predicted octanol–water partition coefficient (Wildman–Crippen LogP) is 3.77. The van der Waals surface area contributed by atoms with Crippen molar-refractivity contribution in [2.24, 2.45) is 0 Å². The SMILES string of the molecule is Cc1ccc(C)c2[nH]c(=O)c(CCNC(=O)c3cccc(Cl)c3)cc12. The molecule has 0 spiro atoms. The predicted molar refractivity (Wildman–Crippen MR) is 102 cm³/mol. The van der Waals surface area contributed by atoms with Crippen LogP contribution in [0.1, 0.15) is 27.0 Å². The molecule has 0 aliphatic heterocycles. The smallest absolute Gasteiger partial charge is 0.251 e. The number of H-pyrrole nitrogens is 1. The summed E-state index contributed by atoms with van der Waals surface area (Å²) in [5, 5.41) is 4.38. The van der Waals surface area contributed by atoms with E-state index in [1.807, 2.05) is 32.0 Å². The van der Waals surface area contributed by atoms with E-state index in [-0.39, 0.29) is 11.5 Å². The summed E-state index contributed by atoms with van der Waals surface area (Å²) >= 11 is 5.90. The number of fused-ring (bicyclic) bond motifs is 1. The Kier molecular flexibility index (Phi) is 4.91. The Morgan fingerprint density at radius 1 is 1.12 bits per heavy atom. The van der Waals surface area contributed by atoms with Gasteiger partial charge in [-0.3, -0.25) is 9.59 Å². The van der Waals surface area contributed by atoms with Gasteiger partial charge >= 0.3 is 0 Å². The third kappa shape index (κ3) is 3.74. The molecule has 4 nitrogen and oxygen atoms in total. The molecule has 2 aromatic carbocycles. The highest BCUT2D eigenvalue weighted by Gasteiger charge is 2.09. The number of pyridine rings is 1. The van der Waals surface area contributed by atoms with E-state index in [1.165, 1.54) is 0 Å². The molecule has 0 bridgehead atoms. The van der Waals surface area contributed by atoms with Crippen molar-refractivity contribution >= 4 is 28.4 Å². The number of amides is 1. The zero-order valence-corrected chi connectivity index (χ0v) is 14.9. The summed E-state index contributed by atoms with van der Waals surface area (Å²) in [5.41, 5.74) is 4.08. The quantitative estimate of drug-likeness (QED) is 0.749. The van der Waals surface area contributed by atoms with Crippen LogP contribution in [0.25, 0.3) is 10.9 Å². The van der Waals surface area contributed by atoms with Gasteiger partial charge in [-0.05, 0) is 55.7 Å². The molecule has 5 heteroatoms. The fourth-order valence-electron chi connectivity index (χ4n) is 2.85. The molecule has 3 rings (SSSR count). The highest BCUT2D eigenvalue weighted by Crippen LogP contribution is 2.19. The molecule has 1 aromatic heterocycles. The van der Waals surface area contributed by atoms with Gasteiger partial charge in [-0.15, -0.1) is 0 Å². The molecule has 0 aliphatic rings. The van der Waals surface area contributed by atoms with Gasteiger partial charge in [-0.25, -0.2) is 0 Å². The summed E-state index contributed by atoms with van der Waals surface area (Å²) in [5.74, 6) is -0.202. The lowest BCUT2D eigenvalue weighted by atomic mass is 10.0. The Bertz CT molecular complexity index is 1010. The molecule has 0 saturated carbocycles. The van der Waals surface area contributed by atoms with Crippen molar-refractivity contribution in [2.75, 3.05) is 6.54 Å². The lowest BCUT2D eigenvalue weighted by molar-refractivity contribution is 0.0954. The van der Waals surface area contributed by atoms with Crippen LogP contribution in [-0.4, -0.2) is 17.4 Å². The number of rotatable bonds is 4. The molecule has 3 aromatic rings. The van der Waals surface area contributed by atoms with Gasteiger partial charge in [-0.1, -0.05) is 29.8 Å². The van der Waals surface area contributed by atoms with Gasteiger partial charge in [0.05, 0.1) is 5.52 Å². The molecule has 0 aliphatic carbocycles. The van der Waals surface area contributed by atoms with Crippen LogP contribution in [-0.2, 0) is 6.42 Å². The number of aromatic amines is 1. The van der Waals surface area contributed by atoms with E-state index in [1.54, 1.807) is 24.3 Å². The molecule has 25 heavy (non-hydrogen) atoms. The lowest BCUT2D eigenvalue weighted by Gasteiger charge is -2.09. The number of halogens is 1. The first-order valence-corrected chi connectivity index (χ1v) is 8.49. The molecule has 1 amide bonds. The summed E-state index contributed by atoms with van der Waals surface area (Å²) in [4.78, 5) is 27.4. The number of hydrogen-bond acceptors (Lipinski definition) is 2. The second-order valence-electron chi connectivity index (χ2n) is 6.13. The number of aromatic nitrogens is 1. The highest BCUT2D eigenvalue weighted by molar-refractivity contribution is 6.30. The minimum Gasteiger partial charge on any atom is -0.352 e. The maximum absolute atomic E-state index is 12.3. The van der Waals surface area contributed by atoms with Gasteiger partial charge < -0.3 is 10.3 Å². The van der Waals surface area contributed by atoms with Crippen LogP contribution in [0.2, 0.25) is 5.02 Å². The van der Waals surface area contributed by atoms with Crippen LogP contribution in [0, 0.1) is 13.8 Å². The van der Waals surface area contributed by atoms with E-state index < -0.39 is 0 Å². The average Bonchev–Trinajstić information content (AvgIpc) is 2.59. The fourth-order valence-corrected chi connectivity index (χ4v) is 3.04. The average molecular weight is 355 g/mol. The molecule has 0 radical (unpaired) electrons. The largest absolute Gasteiger partial charge is 0.352 e. The van der Waals surface area contributed by atoms with Crippen LogP contribution in [0.4, 0.5) is 0 Å². The second-order valence-corrected chi connectivity index (χ2v) is 6.56. The zero-order valence-electron chi connectivity index (χ0n) is 14.2. The maximum Gasteiger partial charge on any atom is 0.251 e. The number of carbonyl (C=O) groups excluding carboxylic acids is 1. The van der Waals surface area contributed by atoms with Crippen molar-refractivity contribution in [3.8, 4) is 0 Å². The second kappa shape index (κ2) is 7.11. The van der Waals surface area contributed by atoms with Crippen molar-refractivity contribution in [2.45, 2.75) is 20.3 Å². The van der Waals surface area contributed by atoms with Crippen LogP contribution >= 0.6 is 11.6 Å². The van der Waals surface area contributed by atoms with Crippen molar-refractivity contribution in [1.82, 2.24) is 10.3 Å². The Hall–Kier alpha value is -2.59. The third-order valence-corrected chi connectivity index (χ3v) is 4.52. The number of carbonyl (C=O) groups is 1. The summed E-state index contributed by atoms with van der Waals surface area (Å²) in [6.45, 7) is 4.37. The summed E-state index contributed by atoms with van der Waals surface area (Å²) in [7, 11) is 0. The molecular weight excluding hydrogens is 336 g/mol. The molecule has 1 heterocycles. The number of aryl methyl sites for hydroxylation is 2. The maximum atomic E-state index is 12.3. The number of nitrogens with one attached hydrogen (secondary N) is 2. The van der Waals surface area contributed by atoms with Crippen molar-refractivity contribution in [1.29, 1.82) is 0 Å². The first-order chi connectivity index (χ1) is 12.0. The van der Waals surface area contributed by atoms with E-state index >= 15 is 0 Å². The summed E-state index contributed by atoms with van der Waals surface area (Å²) in [6.07, 6.45) is 0.463.